The molecule has 0 bridgehead atoms. The Kier molecular flexibility index (Phi) is 6.28. The summed E-state index contributed by atoms with van der Waals surface area (Å²) in [6.45, 7) is 5.47. The lowest BCUT2D eigenvalue weighted by Gasteiger charge is -2.44. The van der Waals surface area contributed by atoms with Crippen LogP contribution in [-0.2, 0) is 14.8 Å². The highest BCUT2D eigenvalue weighted by Gasteiger charge is 2.37. The Hall–Kier alpha value is -1.39. The van der Waals surface area contributed by atoms with Crippen molar-refractivity contribution < 1.29 is 23.1 Å². The second-order valence-corrected chi connectivity index (χ2v) is 8.83. The fraction of sp³-hybridized carbons (Fsp3) is 0.867. The molecule has 1 aliphatic heterocycles. The number of urea groups is 1. The van der Waals surface area contributed by atoms with Gasteiger partial charge in [-0.25, -0.2) is 13.2 Å². The van der Waals surface area contributed by atoms with Gasteiger partial charge in [-0.05, 0) is 26.3 Å². The summed E-state index contributed by atoms with van der Waals surface area (Å²) in [6.07, 6.45) is 2.67. The van der Waals surface area contributed by atoms with Crippen LogP contribution in [0.25, 0.3) is 0 Å². The molecule has 1 aliphatic carbocycles. The number of nitrogens with zero attached hydrogens (tertiary/aromatic N) is 3. The SMILES string of the molecule is CCN(CC(=O)O)C1CC(NC(=O)N2CCN(S(C)(=O)=O)[C@@H](C)C2)C1. The molecule has 144 valence electrons. The van der Waals surface area contributed by atoms with Crippen molar-refractivity contribution >= 4 is 22.0 Å². The molecule has 1 saturated heterocycles. The highest BCUT2D eigenvalue weighted by atomic mass is 32.2. The van der Waals surface area contributed by atoms with Gasteiger partial charge in [-0.3, -0.25) is 9.69 Å². The minimum atomic E-state index is -3.25. The second kappa shape index (κ2) is 7.88. The molecule has 25 heavy (non-hydrogen) atoms. The maximum atomic E-state index is 12.4. The van der Waals surface area contributed by atoms with Crippen LogP contribution in [0.2, 0.25) is 0 Å². The van der Waals surface area contributed by atoms with E-state index in [0.29, 0.717) is 26.2 Å². The van der Waals surface area contributed by atoms with Gasteiger partial charge in [0.25, 0.3) is 0 Å². The van der Waals surface area contributed by atoms with Crippen LogP contribution in [0.5, 0.6) is 0 Å². The Morgan fingerprint density at radius 1 is 1.28 bits per heavy atom. The van der Waals surface area contributed by atoms with Crippen LogP contribution in [-0.4, -0.2) is 96.7 Å². The number of hydrogen-bond acceptors (Lipinski definition) is 5. The molecule has 1 saturated carbocycles. The van der Waals surface area contributed by atoms with Crippen LogP contribution in [0.1, 0.15) is 26.7 Å². The topological polar surface area (TPSA) is 110 Å². The zero-order valence-corrected chi connectivity index (χ0v) is 15.8. The van der Waals surface area contributed by atoms with Gasteiger partial charge in [0.2, 0.25) is 10.0 Å². The number of carboxylic acid groups (broad SMARTS) is 1. The summed E-state index contributed by atoms with van der Waals surface area (Å²) >= 11 is 0. The highest BCUT2D eigenvalue weighted by Crippen LogP contribution is 2.26. The van der Waals surface area contributed by atoms with Gasteiger partial charge in [-0.2, -0.15) is 4.31 Å². The van der Waals surface area contributed by atoms with Gasteiger partial charge < -0.3 is 15.3 Å². The van der Waals surface area contributed by atoms with Crippen molar-refractivity contribution in [2.75, 3.05) is 39.0 Å². The molecule has 10 heteroatoms. The first-order valence-corrected chi connectivity index (χ1v) is 10.4. The van der Waals surface area contributed by atoms with E-state index in [1.807, 2.05) is 11.8 Å². The van der Waals surface area contributed by atoms with E-state index >= 15 is 0 Å². The number of carbonyl (C=O) groups excluding carboxylic acids is 1. The molecule has 0 aromatic heterocycles. The van der Waals surface area contributed by atoms with Crippen molar-refractivity contribution in [3.63, 3.8) is 0 Å². The molecule has 2 amide bonds. The fourth-order valence-corrected chi connectivity index (χ4v) is 4.69. The number of rotatable bonds is 6. The van der Waals surface area contributed by atoms with Crippen molar-refractivity contribution in [2.24, 2.45) is 0 Å². The number of hydrogen-bond donors (Lipinski definition) is 2. The quantitative estimate of drug-likeness (QED) is 0.653. The van der Waals surface area contributed by atoms with Crippen molar-refractivity contribution in [3.05, 3.63) is 0 Å². The minimum Gasteiger partial charge on any atom is -0.480 e. The van der Waals surface area contributed by atoms with Gasteiger partial charge >= 0.3 is 12.0 Å². The average molecular weight is 376 g/mol. The monoisotopic (exact) mass is 376 g/mol. The third-order valence-corrected chi connectivity index (χ3v) is 6.38. The molecular formula is C15H28N4O5S. The van der Waals surface area contributed by atoms with Gasteiger partial charge in [0.1, 0.15) is 0 Å². The first-order valence-electron chi connectivity index (χ1n) is 8.60. The lowest BCUT2D eigenvalue weighted by atomic mass is 9.85. The van der Waals surface area contributed by atoms with E-state index in [-0.39, 0.29) is 30.7 Å². The van der Waals surface area contributed by atoms with Gasteiger partial charge in [0.15, 0.2) is 0 Å². The zero-order valence-electron chi connectivity index (χ0n) is 15.0. The maximum Gasteiger partial charge on any atom is 0.317 e. The Balaban J connectivity index is 1.78. The lowest BCUT2D eigenvalue weighted by Crippen LogP contribution is -2.60. The summed E-state index contributed by atoms with van der Waals surface area (Å²) in [5.74, 6) is -0.841. The molecule has 0 aromatic rings. The standard InChI is InChI=1S/C15H28N4O5S/c1-4-17(10-14(20)21)13-7-12(8-13)16-15(22)18-5-6-19(11(2)9-18)25(3,23)24/h11-13H,4-10H2,1-3H3,(H,16,22)(H,20,21)/t11-,12?,13?/m0/s1. The molecule has 0 radical (unpaired) electrons. The number of sulfonamides is 1. The molecule has 2 N–H and O–H groups in total. The van der Waals surface area contributed by atoms with Crippen molar-refractivity contribution in [1.82, 2.24) is 19.4 Å². The molecule has 2 fully saturated rings. The Labute approximate surface area is 149 Å². The van der Waals surface area contributed by atoms with E-state index < -0.39 is 16.0 Å². The summed E-state index contributed by atoms with van der Waals surface area (Å²) in [7, 11) is -3.25. The summed E-state index contributed by atoms with van der Waals surface area (Å²) in [6, 6.07) is -0.185. The van der Waals surface area contributed by atoms with Crippen LogP contribution in [0.15, 0.2) is 0 Å². The summed E-state index contributed by atoms with van der Waals surface area (Å²) < 4.78 is 24.8. The highest BCUT2D eigenvalue weighted by molar-refractivity contribution is 7.88. The second-order valence-electron chi connectivity index (χ2n) is 6.90. The minimum absolute atomic E-state index is 0.0206. The van der Waals surface area contributed by atoms with E-state index in [4.69, 9.17) is 5.11 Å². The molecule has 0 aromatic carbocycles. The fourth-order valence-electron chi connectivity index (χ4n) is 3.56. The lowest BCUT2D eigenvalue weighted by molar-refractivity contribution is -0.139. The predicted molar refractivity (Wildman–Crippen MR) is 92.8 cm³/mol. The Bertz CT molecular complexity index is 605. The van der Waals surface area contributed by atoms with Crippen LogP contribution in [0.3, 0.4) is 0 Å². The van der Waals surface area contributed by atoms with E-state index in [0.717, 1.165) is 12.8 Å². The van der Waals surface area contributed by atoms with Crippen LogP contribution in [0, 0.1) is 0 Å². The number of carbonyl (C=O) groups is 2. The van der Waals surface area contributed by atoms with Gasteiger partial charge in [0.05, 0.1) is 12.8 Å². The molecule has 0 unspecified atom stereocenters. The number of piperazine rings is 1. The first-order chi connectivity index (χ1) is 11.6. The predicted octanol–water partition coefficient (Wildman–Crippen LogP) is -0.401. The van der Waals surface area contributed by atoms with E-state index in [2.05, 4.69) is 5.32 Å². The smallest absolute Gasteiger partial charge is 0.317 e. The maximum absolute atomic E-state index is 12.4. The van der Waals surface area contributed by atoms with E-state index in [9.17, 15) is 18.0 Å². The number of carboxylic acids is 1. The normalized spacial score (nSPS) is 27.8. The van der Waals surface area contributed by atoms with Crippen LogP contribution in [0.4, 0.5) is 4.79 Å². The van der Waals surface area contributed by atoms with Crippen molar-refractivity contribution in [3.8, 4) is 0 Å². The summed E-state index contributed by atoms with van der Waals surface area (Å²) in [5, 5.41) is 11.9. The number of amides is 2. The van der Waals surface area contributed by atoms with Crippen molar-refractivity contribution in [2.45, 2.75) is 44.8 Å². The molecule has 2 rings (SSSR count). The van der Waals surface area contributed by atoms with Gasteiger partial charge in [0, 0.05) is 37.8 Å². The molecule has 2 aliphatic rings. The third kappa shape index (κ3) is 5.05. The molecule has 0 spiro atoms. The van der Waals surface area contributed by atoms with Crippen LogP contribution < -0.4 is 5.32 Å². The average Bonchev–Trinajstić information content (AvgIpc) is 2.46. The number of likely N-dealkylation sites (N-methyl/N-ethyl adjacent to an activating group) is 1. The van der Waals surface area contributed by atoms with Gasteiger partial charge in [-0.15, -0.1) is 0 Å². The Morgan fingerprint density at radius 3 is 2.40 bits per heavy atom. The van der Waals surface area contributed by atoms with E-state index in [1.54, 1.807) is 11.8 Å². The Morgan fingerprint density at radius 2 is 1.92 bits per heavy atom. The van der Waals surface area contributed by atoms with Crippen molar-refractivity contribution in [1.29, 1.82) is 0 Å². The van der Waals surface area contributed by atoms with E-state index in [1.165, 1.54) is 10.6 Å². The summed E-state index contributed by atoms with van der Waals surface area (Å²) in [5.41, 5.74) is 0. The first kappa shape index (κ1) is 19.9. The molecule has 1 heterocycles. The van der Waals surface area contributed by atoms with Crippen LogP contribution >= 0.6 is 0 Å². The molecule has 9 nitrogen and oxygen atoms in total. The third-order valence-electron chi connectivity index (χ3n) is 4.98. The molecule has 1 atom stereocenters. The zero-order chi connectivity index (χ0) is 18.8. The number of aliphatic carboxylic acids is 1. The summed E-state index contributed by atoms with van der Waals surface area (Å²) in [4.78, 5) is 26.8. The number of nitrogens with one attached hydrogen (secondary N) is 1. The van der Waals surface area contributed by atoms with Gasteiger partial charge in [-0.1, -0.05) is 6.92 Å². The largest absolute Gasteiger partial charge is 0.480 e. The molecular weight excluding hydrogens is 348 g/mol.